The van der Waals surface area contributed by atoms with E-state index in [1.54, 1.807) is 0 Å². The lowest BCUT2D eigenvalue weighted by molar-refractivity contribution is -0.432. The van der Waals surface area contributed by atoms with E-state index in [-0.39, 0.29) is 0 Å². The van der Waals surface area contributed by atoms with Crippen LogP contribution in [0.15, 0.2) is 12.7 Å². The number of hydrogen-bond acceptors (Lipinski definition) is 1. The van der Waals surface area contributed by atoms with Crippen molar-refractivity contribution in [3.8, 4) is 0 Å². The van der Waals surface area contributed by atoms with Crippen molar-refractivity contribution in [1.82, 2.24) is 0 Å². The van der Waals surface area contributed by atoms with Crippen LogP contribution in [0, 0.1) is 0 Å². The van der Waals surface area contributed by atoms with Gasteiger partial charge in [-0.05, 0) is 6.08 Å². The van der Waals surface area contributed by atoms with Crippen molar-refractivity contribution in [1.29, 1.82) is 0 Å². The van der Waals surface area contributed by atoms with E-state index < -0.39 is 24.5 Å². The molecule has 0 aliphatic rings. The maximum atomic E-state index is 12.3. The van der Waals surface area contributed by atoms with Gasteiger partial charge in [0.05, 0.1) is 0 Å². The summed E-state index contributed by atoms with van der Waals surface area (Å²) >= 11 is 0. The lowest BCUT2D eigenvalue weighted by Crippen LogP contribution is -2.45. The molecule has 0 aromatic rings. The Labute approximate surface area is 67.8 Å². The van der Waals surface area contributed by atoms with Gasteiger partial charge in [-0.15, -0.1) is 13.2 Å². The molecule has 13 heavy (non-hydrogen) atoms. The minimum atomic E-state index is -5.82. The highest BCUT2D eigenvalue weighted by Crippen LogP contribution is 2.40. The first-order valence-corrected chi connectivity index (χ1v) is 2.68. The number of rotatable bonds is 2. The molecular weight excluding hydrogens is 209 g/mol. The monoisotopic (exact) mass is 212 g/mol. The van der Waals surface area contributed by atoms with Crippen LogP contribution in [0.5, 0.6) is 0 Å². The van der Waals surface area contributed by atoms with Gasteiger partial charge in [0.2, 0.25) is 0 Å². The van der Waals surface area contributed by atoms with E-state index in [0.29, 0.717) is 0 Å². The zero-order valence-electron chi connectivity index (χ0n) is 5.84. The summed E-state index contributed by atoms with van der Waals surface area (Å²) in [4.78, 5) is 0. The summed E-state index contributed by atoms with van der Waals surface area (Å²) in [6, 6.07) is 0. The Hall–Kier alpha value is -0.790. The van der Waals surface area contributed by atoms with Gasteiger partial charge in [0.15, 0.2) is 0 Å². The third-order valence-electron chi connectivity index (χ3n) is 0.913. The zero-order valence-corrected chi connectivity index (χ0v) is 5.84. The van der Waals surface area contributed by atoms with Crippen molar-refractivity contribution in [2.45, 2.75) is 18.4 Å². The Morgan fingerprint density at radius 2 is 1.31 bits per heavy atom. The first-order valence-electron chi connectivity index (χ1n) is 2.68. The van der Waals surface area contributed by atoms with E-state index in [1.807, 2.05) is 0 Å². The second-order valence-corrected chi connectivity index (χ2v) is 1.89. The predicted molar refractivity (Wildman–Crippen MR) is 27.2 cm³/mol. The molecule has 0 saturated carbocycles. The zero-order chi connectivity index (χ0) is 10.9. The summed E-state index contributed by atoms with van der Waals surface area (Å²) in [5.41, 5.74) is 0. The molecule has 0 aromatic heterocycles. The van der Waals surface area contributed by atoms with Crippen LogP contribution in [0.2, 0.25) is 0 Å². The first-order chi connectivity index (χ1) is 5.52. The molecule has 0 amide bonds. The molecule has 0 radical (unpaired) electrons. The van der Waals surface area contributed by atoms with Crippen LogP contribution < -0.4 is 0 Å². The number of alkyl halides is 7. The molecular formula is C5H3F7O. The molecule has 78 valence electrons. The minimum Gasteiger partial charge on any atom is -0.242 e. The van der Waals surface area contributed by atoms with Crippen molar-refractivity contribution in [3.05, 3.63) is 12.7 Å². The summed E-state index contributed by atoms with van der Waals surface area (Å²) in [7, 11) is 0. The summed E-state index contributed by atoms with van der Waals surface area (Å²) in [6.45, 7) is 2.26. The highest BCUT2D eigenvalue weighted by atomic mass is 19.4. The van der Waals surface area contributed by atoms with Gasteiger partial charge in [-0.1, -0.05) is 6.58 Å². The summed E-state index contributed by atoms with van der Waals surface area (Å²) in [5, 5.41) is 0. The number of ether oxygens (including phenoxy) is 1. The first kappa shape index (κ1) is 12.2. The van der Waals surface area contributed by atoms with E-state index in [4.69, 9.17) is 0 Å². The van der Waals surface area contributed by atoms with E-state index >= 15 is 0 Å². The molecule has 0 saturated heterocycles. The molecule has 0 N–H and O–H groups in total. The van der Waals surface area contributed by atoms with E-state index in [2.05, 4.69) is 11.3 Å². The lowest BCUT2D eigenvalue weighted by atomic mass is 10.3. The Morgan fingerprint density at radius 3 is 1.38 bits per heavy atom. The van der Waals surface area contributed by atoms with Crippen LogP contribution in [-0.2, 0) is 4.74 Å². The molecule has 8 heteroatoms. The second kappa shape index (κ2) is 3.17. The molecule has 0 aliphatic heterocycles. The van der Waals surface area contributed by atoms with E-state index in [0.717, 1.165) is 0 Å². The van der Waals surface area contributed by atoms with Crippen LogP contribution >= 0.6 is 0 Å². The van der Waals surface area contributed by atoms with Crippen molar-refractivity contribution in [2.24, 2.45) is 0 Å². The molecule has 0 rings (SSSR count). The third-order valence-corrected chi connectivity index (χ3v) is 0.913. The molecule has 0 fully saturated rings. The van der Waals surface area contributed by atoms with Gasteiger partial charge in [0.1, 0.15) is 0 Å². The van der Waals surface area contributed by atoms with Crippen molar-refractivity contribution < 1.29 is 35.5 Å². The topological polar surface area (TPSA) is 9.23 Å². The number of hydrogen-bond donors (Lipinski definition) is 0. The molecule has 0 heterocycles. The number of halogens is 7. The summed E-state index contributed by atoms with van der Waals surface area (Å²) < 4.78 is 83.0. The Kier molecular flexibility index (Phi) is 2.97. The smallest absolute Gasteiger partial charge is 0.242 e. The van der Waals surface area contributed by atoms with E-state index in [1.165, 1.54) is 0 Å². The van der Waals surface area contributed by atoms with Crippen LogP contribution in [-0.4, -0.2) is 18.4 Å². The molecule has 1 nitrogen and oxygen atoms in total. The molecule has 0 unspecified atom stereocenters. The van der Waals surface area contributed by atoms with Gasteiger partial charge in [-0.25, -0.2) is 4.74 Å². The Bertz CT molecular complexity index is 192. The van der Waals surface area contributed by atoms with Crippen LogP contribution in [0.25, 0.3) is 0 Å². The fourth-order valence-electron chi connectivity index (χ4n) is 0.384. The molecule has 0 aliphatic carbocycles. The highest BCUT2D eigenvalue weighted by molar-refractivity contribution is 4.94. The molecule has 0 spiro atoms. The van der Waals surface area contributed by atoms with Gasteiger partial charge in [-0.2, -0.15) is 17.6 Å². The lowest BCUT2D eigenvalue weighted by Gasteiger charge is -2.24. The molecule has 1 atom stereocenters. The van der Waals surface area contributed by atoms with Gasteiger partial charge >= 0.3 is 18.4 Å². The maximum absolute atomic E-state index is 12.3. The average Bonchev–Trinajstić information content (AvgIpc) is 1.81. The molecule has 0 aromatic carbocycles. The van der Waals surface area contributed by atoms with Crippen LogP contribution in [0.3, 0.4) is 0 Å². The fraction of sp³-hybridized carbons (Fsp3) is 0.600. The second-order valence-electron chi connectivity index (χ2n) is 1.89. The van der Waals surface area contributed by atoms with Crippen molar-refractivity contribution >= 4 is 0 Å². The van der Waals surface area contributed by atoms with Crippen LogP contribution in [0.1, 0.15) is 0 Å². The van der Waals surface area contributed by atoms with Gasteiger partial charge in [0, 0.05) is 0 Å². The Morgan fingerprint density at radius 1 is 0.923 bits per heavy atom. The van der Waals surface area contributed by atoms with Gasteiger partial charge < -0.3 is 0 Å². The quantitative estimate of drug-likeness (QED) is 0.505. The highest BCUT2D eigenvalue weighted by Gasteiger charge is 2.60. The van der Waals surface area contributed by atoms with Crippen LogP contribution in [0.4, 0.5) is 30.7 Å². The standard InChI is InChI=1S/C5H3F7O/c1-2-3(6,4(7,8)9)13-5(10,11)12/h2H,1H2/t3-/m0/s1. The van der Waals surface area contributed by atoms with E-state index in [9.17, 15) is 30.7 Å². The fourth-order valence-corrected chi connectivity index (χ4v) is 0.384. The SMILES string of the molecule is C=C[C@](F)(OC(F)(F)F)C(F)(F)F. The van der Waals surface area contributed by atoms with Gasteiger partial charge in [-0.3, -0.25) is 0 Å². The largest absolute Gasteiger partial charge is 0.525 e. The third kappa shape index (κ3) is 3.21. The van der Waals surface area contributed by atoms with Crippen molar-refractivity contribution in [3.63, 3.8) is 0 Å². The normalized spacial score (nSPS) is 18.1. The van der Waals surface area contributed by atoms with Gasteiger partial charge in [0.25, 0.3) is 0 Å². The predicted octanol–water partition coefficient (Wildman–Crippen LogP) is 2.94. The summed E-state index contributed by atoms with van der Waals surface area (Å²) in [6.07, 6.45) is -12.1. The maximum Gasteiger partial charge on any atom is 0.525 e. The average molecular weight is 212 g/mol. The minimum absolute atomic E-state index is 0.611. The summed E-state index contributed by atoms with van der Waals surface area (Å²) in [5.74, 6) is -4.90. The van der Waals surface area contributed by atoms with Crippen molar-refractivity contribution in [2.75, 3.05) is 0 Å². The molecule has 0 bridgehead atoms. The Balaban J connectivity index is 4.77.